The third-order valence-corrected chi connectivity index (χ3v) is 17.5. The number of nitrogens with two attached hydrogens (primary N) is 9. The summed E-state index contributed by atoms with van der Waals surface area (Å²) in [6.45, 7) is 6.10. The molecule has 10 amide bonds. The van der Waals surface area contributed by atoms with Gasteiger partial charge in [0.05, 0.1) is 12.1 Å². The summed E-state index contributed by atoms with van der Waals surface area (Å²) >= 11 is 1.34. The number of thioether (sulfide) groups is 1. The maximum absolute atomic E-state index is 14.8. The average molecular weight is 1480 g/mol. The zero-order chi connectivity index (χ0) is 76.4. The van der Waals surface area contributed by atoms with E-state index >= 15 is 0 Å². The van der Waals surface area contributed by atoms with Gasteiger partial charge in [-0.3, -0.25) is 72.4 Å². The van der Waals surface area contributed by atoms with E-state index in [4.69, 9.17) is 56.1 Å². The molecular weight excluding hydrogens is 1370 g/mol. The molecule has 12 atom stereocenters. The fourth-order valence-electron chi connectivity index (χ4n) is 11.1. The van der Waals surface area contributed by atoms with E-state index in [2.05, 4.69) is 62.5 Å². The number of phosphoric ester groups is 1. The van der Waals surface area contributed by atoms with Gasteiger partial charge in [0.1, 0.15) is 60.4 Å². The van der Waals surface area contributed by atoms with Crippen LogP contribution >= 0.6 is 19.6 Å². The van der Waals surface area contributed by atoms with Crippen molar-refractivity contribution in [3.05, 3.63) is 35.9 Å². The Labute approximate surface area is 596 Å². The van der Waals surface area contributed by atoms with Crippen molar-refractivity contribution >= 4 is 108 Å². The monoisotopic (exact) mass is 1480 g/mol. The molecule has 2 saturated heterocycles. The van der Waals surface area contributed by atoms with Crippen LogP contribution in [0.1, 0.15) is 123 Å². The predicted molar refractivity (Wildman–Crippen MR) is 381 cm³/mol. The number of nitrogens with one attached hydrogen (secondary N) is 8. The fourth-order valence-corrected chi connectivity index (χ4v) is 12.2. The summed E-state index contributed by atoms with van der Waals surface area (Å²) in [5, 5.41) is 30.9. The van der Waals surface area contributed by atoms with Gasteiger partial charge in [0.2, 0.25) is 59.1 Å². The van der Waals surface area contributed by atoms with Crippen molar-refractivity contribution in [3.63, 3.8) is 0 Å². The molecule has 0 radical (unpaired) electrons. The summed E-state index contributed by atoms with van der Waals surface area (Å²) in [5.74, 6) is -10.6. The minimum atomic E-state index is -5.41. The minimum absolute atomic E-state index is 0.000381. The lowest BCUT2D eigenvalue weighted by molar-refractivity contribution is -0.146. The number of carboxylic acids is 1. The number of rotatable bonds is 45. The summed E-state index contributed by atoms with van der Waals surface area (Å²) in [6.07, 6.45) is 1.06. The molecule has 572 valence electrons. The van der Waals surface area contributed by atoms with Gasteiger partial charge in [-0.1, -0.05) is 44.2 Å². The second-order valence-electron chi connectivity index (χ2n) is 25.1. The fraction of sp³-hybridized carbons (Fsp3) is 0.656. The Balaban J connectivity index is 1.88. The van der Waals surface area contributed by atoms with Crippen LogP contribution in [0, 0.1) is 5.92 Å². The summed E-state index contributed by atoms with van der Waals surface area (Å²) in [5.41, 5.74) is 50.5. The van der Waals surface area contributed by atoms with Crippen molar-refractivity contribution in [1.82, 2.24) is 52.3 Å². The van der Waals surface area contributed by atoms with E-state index in [1.54, 1.807) is 50.4 Å². The van der Waals surface area contributed by atoms with E-state index < -0.39 is 145 Å². The van der Waals surface area contributed by atoms with Gasteiger partial charge < -0.3 is 119 Å². The van der Waals surface area contributed by atoms with Crippen LogP contribution in [-0.2, 0) is 68.2 Å². The molecule has 1 aromatic rings. The number of hydrogen-bond acceptors (Lipinski definition) is 19. The lowest BCUT2D eigenvalue weighted by atomic mass is 10.00. The van der Waals surface area contributed by atoms with E-state index in [-0.39, 0.29) is 159 Å². The number of carbonyl (C=O) groups excluding carboxylic acids is 10. The van der Waals surface area contributed by atoms with Gasteiger partial charge in [-0.15, -0.1) is 0 Å². The van der Waals surface area contributed by atoms with Crippen molar-refractivity contribution < 1.29 is 76.7 Å². The molecule has 2 aliphatic rings. The molecule has 0 spiro atoms. The molecule has 0 aliphatic carbocycles. The Morgan fingerprint density at radius 2 is 0.951 bits per heavy atom. The molecule has 39 nitrogen and oxygen atoms in total. The standard InChI is InChI=1S/C61H106N23O16PS/c1-33(2)31-42(51(89)81-43(32-36-15-7-6-8-16-36)52(90)79-41(57(95)96)20-12-27-74-61(69)70)80-50(88)39(23-30-102-5)76-47(85)34(3)75-53(91)44-21-14-29-84(44)56(94)46(35(4)100-101(97,98)99)82-54(92)45-22-13-28-83(45)55(93)40(19-11-26-73-60(67)68)78-49(87)38(18-10-25-72-59(65)66)77-48(86)37(62)17-9-24-71-58(63)64/h6-8,15-16,33-35,37-46H,9-14,17-32,62H2,1-5H3,(H,75,91)(H,76,85)(H,77,86)(H,78,87)(H,79,90)(H,80,88)(H,81,89)(H,82,92)(H,95,96)(H4,63,64,71)(H4,65,66,72)(H4,67,68,73)(H4,69,70,74)(H2,97,98,99)/t34-,35+,37-,38-,39-,40-,41-,42-,43-,44-,45-,46-/m0/s1. The Morgan fingerprint density at radius 1 is 0.539 bits per heavy atom. The molecule has 102 heavy (non-hydrogen) atoms. The number of phosphoric acid groups is 1. The smallest absolute Gasteiger partial charge is 0.469 e. The number of aliphatic imine (C=N–C) groups is 4. The number of benzene rings is 1. The van der Waals surface area contributed by atoms with E-state index in [0.717, 1.165) is 16.7 Å². The first-order valence-electron chi connectivity index (χ1n) is 33.5. The van der Waals surface area contributed by atoms with Crippen LogP contribution in [0.25, 0.3) is 0 Å². The molecule has 29 N–H and O–H groups in total. The molecule has 2 aliphatic heterocycles. The number of hydrogen-bond donors (Lipinski definition) is 20. The van der Waals surface area contributed by atoms with Crippen molar-refractivity contribution in [1.29, 1.82) is 0 Å². The molecule has 41 heteroatoms. The lowest BCUT2D eigenvalue weighted by Gasteiger charge is -2.34. The normalized spacial score (nSPS) is 17.2. The van der Waals surface area contributed by atoms with Gasteiger partial charge in [0.15, 0.2) is 23.8 Å². The highest BCUT2D eigenvalue weighted by molar-refractivity contribution is 7.98. The largest absolute Gasteiger partial charge is 0.480 e. The average Bonchev–Trinajstić information content (AvgIpc) is 1.59. The van der Waals surface area contributed by atoms with Crippen LogP contribution in [0.2, 0.25) is 0 Å². The second-order valence-corrected chi connectivity index (χ2v) is 27.3. The first kappa shape index (κ1) is 87.1. The third kappa shape index (κ3) is 31.8. The molecule has 0 unspecified atom stereocenters. The Morgan fingerprint density at radius 3 is 1.44 bits per heavy atom. The third-order valence-electron chi connectivity index (χ3n) is 16.3. The van der Waals surface area contributed by atoms with Gasteiger partial charge in [-0.25, -0.2) is 9.36 Å². The summed E-state index contributed by atoms with van der Waals surface area (Å²) in [7, 11) is -5.41. The van der Waals surface area contributed by atoms with E-state index in [1.165, 1.54) is 18.7 Å². The Bertz CT molecular complexity index is 3150. The van der Waals surface area contributed by atoms with E-state index in [9.17, 15) is 72.2 Å². The highest BCUT2D eigenvalue weighted by Crippen LogP contribution is 2.38. The van der Waals surface area contributed by atoms with Crippen molar-refractivity contribution in [2.24, 2.45) is 77.5 Å². The van der Waals surface area contributed by atoms with Crippen LogP contribution < -0.4 is 94.1 Å². The van der Waals surface area contributed by atoms with Gasteiger partial charge in [0, 0.05) is 45.7 Å². The minimum Gasteiger partial charge on any atom is -0.480 e. The zero-order valence-electron chi connectivity index (χ0n) is 58.3. The SMILES string of the molecule is CSCC[C@H](NC(=O)[C@H](C)NC(=O)[C@@H]1CCCN1C(=O)[C@@H](NC(=O)[C@@H]1CCCN1C(=O)[C@H](CCCN=C(N)N)NC(=O)[C@H](CCCN=C(N)N)NC(=O)[C@@H](N)CCCN=C(N)N)[C@@H](C)OP(=O)(O)O)C(=O)N[C@@H](CC(C)C)C(=O)N[C@@H](Cc1ccccc1)C(=O)N[C@@H](CCCN=C(N)N)C(=O)O. The molecule has 0 aromatic heterocycles. The Hall–Kier alpha value is -9.11. The maximum Gasteiger partial charge on any atom is 0.469 e. The highest BCUT2D eigenvalue weighted by Gasteiger charge is 2.45. The highest BCUT2D eigenvalue weighted by atomic mass is 32.2. The van der Waals surface area contributed by atoms with Gasteiger partial charge >= 0.3 is 13.8 Å². The number of aliphatic carboxylic acids is 1. The van der Waals surface area contributed by atoms with Gasteiger partial charge in [0.25, 0.3) is 0 Å². The quantitative estimate of drug-likeness (QED) is 0.0125. The first-order valence-corrected chi connectivity index (χ1v) is 36.5. The molecule has 3 rings (SSSR count). The molecule has 2 heterocycles. The van der Waals surface area contributed by atoms with E-state index in [1.807, 2.05) is 0 Å². The number of guanidine groups is 4. The first-order chi connectivity index (χ1) is 48.0. The molecule has 1 aromatic carbocycles. The molecule has 0 bridgehead atoms. The number of carboxylic acid groups (broad SMARTS) is 1. The lowest BCUT2D eigenvalue weighted by Crippen LogP contribution is -2.61. The van der Waals surface area contributed by atoms with E-state index in [0.29, 0.717) is 17.7 Å². The topological polar surface area (TPSA) is 661 Å². The summed E-state index contributed by atoms with van der Waals surface area (Å²) < 4.78 is 17.3. The van der Waals surface area contributed by atoms with Crippen LogP contribution in [0.3, 0.4) is 0 Å². The molecule has 0 saturated carbocycles. The van der Waals surface area contributed by atoms with Crippen LogP contribution in [0.15, 0.2) is 50.3 Å². The molecule has 2 fully saturated rings. The number of amides is 10. The van der Waals surface area contributed by atoms with Gasteiger partial charge in [-0.05, 0) is 127 Å². The maximum atomic E-state index is 14.8. The number of likely N-dealkylation sites (tertiary alicyclic amines) is 2. The number of nitrogens with zero attached hydrogens (tertiary/aromatic N) is 6. The van der Waals surface area contributed by atoms with Crippen molar-refractivity contribution in [3.8, 4) is 0 Å². The zero-order valence-corrected chi connectivity index (χ0v) is 60.0. The number of carbonyl (C=O) groups is 11. The second kappa shape index (κ2) is 44.3. The van der Waals surface area contributed by atoms with Crippen molar-refractivity contribution in [2.45, 2.75) is 197 Å². The van der Waals surface area contributed by atoms with Gasteiger partial charge in [-0.2, -0.15) is 11.8 Å². The van der Waals surface area contributed by atoms with Crippen LogP contribution in [-0.4, -0.2) is 237 Å². The predicted octanol–water partition coefficient (Wildman–Crippen LogP) is -5.97. The van der Waals surface area contributed by atoms with Crippen LogP contribution in [0.4, 0.5) is 0 Å². The summed E-state index contributed by atoms with van der Waals surface area (Å²) in [4.78, 5) is 193. The van der Waals surface area contributed by atoms with Crippen LogP contribution in [0.5, 0.6) is 0 Å². The molecular formula is C61H106N23O16PS. The van der Waals surface area contributed by atoms with Crippen molar-refractivity contribution in [2.75, 3.05) is 51.3 Å². The Kier molecular flexibility index (Phi) is 37.8. The summed E-state index contributed by atoms with van der Waals surface area (Å²) in [6, 6.07) is -6.59.